The van der Waals surface area contributed by atoms with Crippen molar-refractivity contribution in [3.8, 4) is 0 Å². The minimum absolute atomic E-state index is 0.297. The fourth-order valence-electron chi connectivity index (χ4n) is 1.26. The largest absolute Gasteiger partial charge is 0.403 e. The lowest BCUT2D eigenvalue weighted by atomic mass is 10.2. The second-order valence-electron chi connectivity index (χ2n) is 3.76. The van der Waals surface area contributed by atoms with Crippen molar-refractivity contribution < 1.29 is 0 Å². The van der Waals surface area contributed by atoms with Crippen molar-refractivity contribution in [2.75, 3.05) is 20.6 Å². The Labute approximate surface area is 79.3 Å². The van der Waals surface area contributed by atoms with Gasteiger partial charge in [-0.15, -0.1) is 0 Å². The normalized spacial score (nSPS) is 21.3. The van der Waals surface area contributed by atoms with Crippen LogP contribution < -0.4 is 11.5 Å². The first kappa shape index (κ1) is 10.1. The smallest absolute Gasteiger partial charge is 0.0652 e. The van der Waals surface area contributed by atoms with Crippen LogP contribution in [0.25, 0.3) is 0 Å². The molecular formula is C9H18N4. The second kappa shape index (κ2) is 3.79. The van der Waals surface area contributed by atoms with Gasteiger partial charge < -0.3 is 16.4 Å². The van der Waals surface area contributed by atoms with Crippen LogP contribution in [0.1, 0.15) is 12.8 Å². The number of hydrogen-bond donors (Lipinski definition) is 2. The van der Waals surface area contributed by atoms with Crippen LogP contribution in [0.3, 0.4) is 0 Å². The van der Waals surface area contributed by atoms with Gasteiger partial charge in [-0.05, 0) is 26.9 Å². The summed E-state index contributed by atoms with van der Waals surface area (Å²) in [5.41, 5.74) is 11.5. The lowest BCUT2D eigenvalue weighted by Crippen LogP contribution is -2.32. The van der Waals surface area contributed by atoms with Crippen molar-refractivity contribution in [2.24, 2.45) is 16.5 Å². The highest BCUT2D eigenvalue weighted by molar-refractivity contribution is 5.76. The number of nitrogens with zero attached hydrogens (tertiary/aromatic N) is 2. The first-order chi connectivity index (χ1) is 6.10. The summed E-state index contributed by atoms with van der Waals surface area (Å²) in [5.74, 6) is 0. The van der Waals surface area contributed by atoms with Crippen molar-refractivity contribution in [2.45, 2.75) is 18.4 Å². The third-order valence-corrected chi connectivity index (χ3v) is 2.59. The molecule has 0 aromatic carbocycles. The molecule has 1 aliphatic carbocycles. The standard InChI is InChI=1S/C9H18N4/c1-13(2)9(3-4-9)7-12-6-8(11)5-10/h5-6H,3-4,7,10-11H2,1-2H3/b8-5+,12-6?. The van der Waals surface area contributed by atoms with E-state index in [-0.39, 0.29) is 0 Å². The second-order valence-corrected chi connectivity index (χ2v) is 3.76. The molecule has 0 spiro atoms. The molecule has 4 nitrogen and oxygen atoms in total. The summed E-state index contributed by atoms with van der Waals surface area (Å²) in [6, 6.07) is 0. The summed E-state index contributed by atoms with van der Waals surface area (Å²) < 4.78 is 0. The monoisotopic (exact) mass is 182 g/mol. The van der Waals surface area contributed by atoms with Gasteiger partial charge in [0.1, 0.15) is 0 Å². The van der Waals surface area contributed by atoms with E-state index in [9.17, 15) is 0 Å². The molecule has 1 saturated carbocycles. The Kier molecular flexibility index (Phi) is 2.93. The average Bonchev–Trinajstić information content (AvgIpc) is 2.85. The number of nitrogens with two attached hydrogens (primary N) is 2. The molecule has 0 aromatic heterocycles. The number of likely N-dealkylation sites (N-methyl/N-ethyl adjacent to an activating group) is 1. The molecule has 0 heterocycles. The van der Waals surface area contributed by atoms with E-state index in [2.05, 4.69) is 24.0 Å². The van der Waals surface area contributed by atoms with Gasteiger partial charge >= 0.3 is 0 Å². The molecule has 13 heavy (non-hydrogen) atoms. The molecule has 0 atom stereocenters. The van der Waals surface area contributed by atoms with Gasteiger partial charge in [0.25, 0.3) is 0 Å². The van der Waals surface area contributed by atoms with Crippen LogP contribution in [-0.2, 0) is 0 Å². The van der Waals surface area contributed by atoms with Crippen molar-refractivity contribution in [1.29, 1.82) is 0 Å². The Morgan fingerprint density at radius 1 is 1.54 bits per heavy atom. The quantitative estimate of drug-likeness (QED) is 0.597. The fourth-order valence-corrected chi connectivity index (χ4v) is 1.26. The van der Waals surface area contributed by atoms with Gasteiger partial charge in [-0.3, -0.25) is 4.99 Å². The van der Waals surface area contributed by atoms with E-state index in [1.807, 2.05) is 0 Å². The summed E-state index contributed by atoms with van der Waals surface area (Å²) in [6.07, 6.45) is 5.44. The summed E-state index contributed by atoms with van der Waals surface area (Å²) in [4.78, 5) is 6.49. The molecule has 0 bridgehead atoms. The molecular weight excluding hydrogens is 164 g/mol. The highest BCUT2D eigenvalue weighted by Gasteiger charge is 2.44. The summed E-state index contributed by atoms with van der Waals surface area (Å²) in [6.45, 7) is 0.814. The molecule has 0 radical (unpaired) electrons. The number of hydrogen-bond acceptors (Lipinski definition) is 4. The van der Waals surface area contributed by atoms with Gasteiger partial charge in [-0.2, -0.15) is 0 Å². The molecule has 4 heteroatoms. The maximum atomic E-state index is 5.47. The molecule has 1 rings (SSSR count). The van der Waals surface area contributed by atoms with E-state index >= 15 is 0 Å². The SMILES string of the molecule is CN(C)C1(CN=C/C(N)=C\N)CC1. The first-order valence-corrected chi connectivity index (χ1v) is 4.45. The van der Waals surface area contributed by atoms with E-state index in [4.69, 9.17) is 11.5 Å². The Hall–Kier alpha value is -1.03. The first-order valence-electron chi connectivity index (χ1n) is 4.45. The topological polar surface area (TPSA) is 67.6 Å². The maximum absolute atomic E-state index is 5.47. The van der Waals surface area contributed by atoms with Gasteiger partial charge in [0.15, 0.2) is 0 Å². The summed E-state index contributed by atoms with van der Waals surface area (Å²) in [7, 11) is 4.18. The number of allylic oxidation sites excluding steroid dienone is 1. The molecule has 0 aromatic rings. The van der Waals surface area contributed by atoms with Crippen molar-refractivity contribution in [1.82, 2.24) is 4.90 Å². The van der Waals surface area contributed by atoms with Crippen LogP contribution in [0.2, 0.25) is 0 Å². The van der Waals surface area contributed by atoms with Gasteiger partial charge in [-0.25, -0.2) is 0 Å². The molecule has 1 fully saturated rings. The van der Waals surface area contributed by atoms with Crippen LogP contribution in [0.5, 0.6) is 0 Å². The highest BCUT2D eigenvalue weighted by Crippen LogP contribution is 2.40. The zero-order valence-corrected chi connectivity index (χ0v) is 8.33. The van der Waals surface area contributed by atoms with E-state index in [0.29, 0.717) is 11.2 Å². The minimum Gasteiger partial charge on any atom is -0.403 e. The fraction of sp³-hybridized carbons (Fsp3) is 0.667. The van der Waals surface area contributed by atoms with Crippen LogP contribution in [-0.4, -0.2) is 37.3 Å². The lowest BCUT2D eigenvalue weighted by Gasteiger charge is -2.21. The van der Waals surface area contributed by atoms with E-state index < -0.39 is 0 Å². The summed E-state index contributed by atoms with van der Waals surface area (Å²) in [5, 5.41) is 0. The molecule has 1 aliphatic rings. The number of aliphatic imine (C=N–C) groups is 1. The van der Waals surface area contributed by atoms with Crippen molar-refractivity contribution in [3.63, 3.8) is 0 Å². The molecule has 0 amide bonds. The molecule has 74 valence electrons. The zero-order chi connectivity index (χ0) is 9.90. The summed E-state index contributed by atoms with van der Waals surface area (Å²) >= 11 is 0. The average molecular weight is 182 g/mol. The molecule has 0 aliphatic heterocycles. The van der Waals surface area contributed by atoms with E-state index in [0.717, 1.165) is 6.54 Å². The van der Waals surface area contributed by atoms with E-state index in [1.54, 1.807) is 6.21 Å². The highest BCUT2D eigenvalue weighted by atomic mass is 15.2. The molecule has 0 saturated heterocycles. The minimum atomic E-state index is 0.297. The van der Waals surface area contributed by atoms with Crippen LogP contribution >= 0.6 is 0 Å². The van der Waals surface area contributed by atoms with E-state index in [1.165, 1.54) is 19.0 Å². The Morgan fingerprint density at radius 2 is 2.15 bits per heavy atom. The lowest BCUT2D eigenvalue weighted by molar-refractivity contribution is 0.279. The maximum Gasteiger partial charge on any atom is 0.0652 e. The van der Waals surface area contributed by atoms with Crippen LogP contribution in [0.4, 0.5) is 0 Å². The third-order valence-electron chi connectivity index (χ3n) is 2.59. The van der Waals surface area contributed by atoms with Crippen LogP contribution in [0.15, 0.2) is 16.9 Å². The van der Waals surface area contributed by atoms with Gasteiger partial charge in [0.2, 0.25) is 0 Å². The van der Waals surface area contributed by atoms with Gasteiger partial charge in [0.05, 0.1) is 12.2 Å². The Bertz CT molecular complexity index is 226. The number of rotatable bonds is 4. The van der Waals surface area contributed by atoms with Crippen LogP contribution in [0, 0.1) is 0 Å². The molecule has 4 N–H and O–H groups in total. The van der Waals surface area contributed by atoms with Gasteiger partial charge in [-0.1, -0.05) is 0 Å². The van der Waals surface area contributed by atoms with Gasteiger partial charge in [0, 0.05) is 18.0 Å². The Morgan fingerprint density at radius 3 is 2.54 bits per heavy atom. The predicted molar refractivity (Wildman–Crippen MR) is 55.5 cm³/mol. The predicted octanol–water partition coefficient (Wildman–Crippen LogP) is -0.0898. The zero-order valence-electron chi connectivity index (χ0n) is 8.33. The Balaban J connectivity index is 2.38. The third kappa shape index (κ3) is 2.45. The van der Waals surface area contributed by atoms with Crippen molar-refractivity contribution in [3.05, 3.63) is 11.9 Å². The van der Waals surface area contributed by atoms with Crippen molar-refractivity contribution >= 4 is 6.21 Å². The molecule has 0 unspecified atom stereocenters.